The average molecular weight is 312 g/mol. The molecule has 0 radical (unpaired) electrons. The minimum Gasteiger partial charge on any atom is -0.384 e. The number of halogens is 1. The van der Waals surface area contributed by atoms with Crippen LogP contribution in [0.5, 0.6) is 0 Å². The van der Waals surface area contributed by atoms with E-state index in [2.05, 4.69) is 24.8 Å². The molecule has 0 N–H and O–H groups in total. The van der Waals surface area contributed by atoms with E-state index >= 15 is 0 Å². The fourth-order valence-electron chi connectivity index (χ4n) is 3.15. The molecule has 116 valence electrons. The van der Waals surface area contributed by atoms with Gasteiger partial charge < -0.3 is 14.5 Å². The summed E-state index contributed by atoms with van der Waals surface area (Å²) in [5.74, 6) is 1.96. The molecule has 7 heteroatoms. The third kappa shape index (κ3) is 3.55. The molecule has 3 rings (SSSR count). The molecule has 0 aliphatic carbocycles. The first-order valence-corrected chi connectivity index (χ1v) is 8.04. The number of rotatable bonds is 4. The minimum absolute atomic E-state index is 0.288. The van der Waals surface area contributed by atoms with Gasteiger partial charge in [0.25, 0.3) is 0 Å². The van der Waals surface area contributed by atoms with Crippen molar-refractivity contribution in [3.05, 3.63) is 5.28 Å². The van der Waals surface area contributed by atoms with E-state index in [9.17, 15) is 0 Å². The van der Waals surface area contributed by atoms with Crippen LogP contribution in [0.25, 0.3) is 0 Å². The lowest BCUT2D eigenvalue weighted by Gasteiger charge is -2.32. The molecular formula is C14H22ClN5O. The van der Waals surface area contributed by atoms with Gasteiger partial charge in [-0.2, -0.15) is 15.0 Å². The quantitative estimate of drug-likeness (QED) is 0.847. The van der Waals surface area contributed by atoms with E-state index < -0.39 is 0 Å². The Kier molecular flexibility index (Phi) is 4.75. The van der Waals surface area contributed by atoms with Crippen molar-refractivity contribution in [2.24, 2.45) is 5.92 Å². The Bertz CT molecular complexity index is 478. The molecule has 1 aromatic heterocycles. The fourth-order valence-corrected chi connectivity index (χ4v) is 3.30. The van der Waals surface area contributed by atoms with E-state index in [4.69, 9.17) is 16.3 Å². The Labute approximate surface area is 130 Å². The highest BCUT2D eigenvalue weighted by Gasteiger charge is 2.24. The van der Waals surface area contributed by atoms with Gasteiger partial charge in [0, 0.05) is 33.3 Å². The number of anilines is 2. The number of piperidine rings is 1. The van der Waals surface area contributed by atoms with Gasteiger partial charge >= 0.3 is 0 Å². The highest BCUT2D eigenvalue weighted by Crippen LogP contribution is 2.24. The SMILES string of the molecule is COCC1CCCN(c2nc(Cl)nc(N3CCCC3)n2)C1. The van der Waals surface area contributed by atoms with Gasteiger partial charge in [0.15, 0.2) is 0 Å². The number of aromatic nitrogens is 3. The van der Waals surface area contributed by atoms with Crippen LogP contribution in [0.1, 0.15) is 25.7 Å². The van der Waals surface area contributed by atoms with E-state index in [0.717, 1.165) is 45.2 Å². The second kappa shape index (κ2) is 6.75. The first kappa shape index (κ1) is 14.8. The Morgan fingerprint density at radius 2 is 1.71 bits per heavy atom. The van der Waals surface area contributed by atoms with Crippen molar-refractivity contribution >= 4 is 23.5 Å². The normalized spacial score (nSPS) is 22.9. The van der Waals surface area contributed by atoms with E-state index in [1.54, 1.807) is 7.11 Å². The Morgan fingerprint density at radius 3 is 2.43 bits per heavy atom. The van der Waals surface area contributed by atoms with Crippen molar-refractivity contribution in [3.8, 4) is 0 Å². The topological polar surface area (TPSA) is 54.4 Å². The van der Waals surface area contributed by atoms with Gasteiger partial charge in [-0.3, -0.25) is 0 Å². The molecule has 1 aromatic rings. The number of ether oxygens (including phenoxy) is 1. The van der Waals surface area contributed by atoms with Crippen LogP contribution in [-0.4, -0.2) is 54.8 Å². The molecule has 0 aromatic carbocycles. The van der Waals surface area contributed by atoms with Gasteiger partial charge in [-0.15, -0.1) is 0 Å². The van der Waals surface area contributed by atoms with Crippen molar-refractivity contribution in [1.29, 1.82) is 0 Å². The first-order chi connectivity index (χ1) is 10.3. The van der Waals surface area contributed by atoms with Crippen molar-refractivity contribution < 1.29 is 4.74 Å². The van der Waals surface area contributed by atoms with Crippen LogP contribution < -0.4 is 9.80 Å². The maximum Gasteiger partial charge on any atom is 0.231 e. The second-order valence-electron chi connectivity index (χ2n) is 5.81. The van der Waals surface area contributed by atoms with Crippen molar-refractivity contribution in [1.82, 2.24) is 15.0 Å². The number of methoxy groups -OCH3 is 1. The molecule has 1 atom stereocenters. The highest BCUT2D eigenvalue weighted by atomic mass is 35.5. The Balaban J connectivity index is 1.77. The number of nitrogens with zero attached hydrogens (tertiary/aromatic N) is 5. The molecule has 2 saturated heterocycles. The summed E-state index contributed by atoms with van der Waals surface area (Å²) >= 11 is 6.10. The molecule has 21 heavy (non-hydrogen) atoms. The Morgan fingerprint density at radius 1 is 1.05 bits per heavy atom. The molecule has 2 aliphatic heterocycles. The Hall–Kier alpha value is -1.14. The summed E-state index contributed by atoms with van der Waals surface area (Å²) in [6.07, 6.45) is 4.72. The molecule has 1 unspecified atom stereocenters. The zero-order chi connectivity index (χ0) is 14.7. The summed E-state index contributed by atoms with van der Waals surface area (Å²) in [6, 6.07) is 0. The molecule has 0 spiro atoms. The standard InChI is InChI=1S/C14H22ClN5O/c1-21-10-11-5-4-8-20(9-11)14-17-12(15)16-13(18-14)19-6-2-3-7-19/h11H,2-10H2,1H3. The third-order valence-corrected chi connectivity index (χ3v) is 4.35. The van der Waals surface area contributed by atoms with Crippen LogP contribution in [0.2, 0.25) is 5.28 Å². The summed E-state index contributed by atoms with van der Waals surface area (Å²) in [7, 11) is 1.75. The van der Waals surface area contributed by atoms with E-state index in [0.29, 0.717) is 11.9 Å². The zero-order valence-electron chi connectivity index (χ0n) is 12.5. The monoisotopic (exact) mass is 311 g/mol. The van der Waals surface area contributed by atoms with Crippen LogP contribution >= 0.6 is 11.6 Å². The van der Waals surface area contributed by atoms with E-state index in [1.807, 2.05) is 0 Å². The van der Waals surface area contributed by atoms with Gasteiger partial charge in [0.1, 0.15) is 0 Å². The molecule has 2 fully saturated rings. The van der Waals surface area contributed by atoms with Gasteiger partial charge in [-0.05, 0) is 43.2 Å². The van der Waals surface area contributed by atoms with Crippen molar-refractivity contribution in [2.75, 3.05) is 49.7 Å². The summed E-state index contributed by atoms with van der Waals surface area (Å²) < 4.78 is 5.28. The first-order valence-electron chi connectivity index (χ1n) is 7.66. The fraction of sp³-hybridized carbons (Fsp3) is 0.786. The summed E-state index contributed by atoms with van der Waals surface area (Å²) in [5.41, 5.74) is 0. The maximum absolute atomic E-state index is 6.10. The summed E-state index contributed by atoms with van der Waals surface area (Å²) in [4.78, 5) is 17.6. The molecular weight excluding hydrogens is 290 g/mol. The average Bonchev–Trinajstić information content (AvgIpc) is 3.01. The van der Waals surface area contributed by atoms with Crippen LogP contribution in [0.4, 0.5) is 11.9 Å². The van der Waals surface area contributed by atoms with Crippen LogP contribution in [0.15, 0.2) is 0 Å². The molecule has 0 saturated carbocycles. The predicted octanol–water partition coefficient (Wildman–Crippen LogP) is 1.99. The van der Waals surface area contributed by atoms with Gasteiger partial charge in [0.2, 0.25) is 17.2 Å². The zero-order valence-corrected chi connectivity index (χ0v) is 13.2. The van der Waals surface area contributed by atoms with E-state index in [1.165, 1.54) is 19.3 Å². The maximum atomic E-state index is 6.10. The van der Waals surface area contributed by atoms with Crippen LogP contribution in [0.3, 0.4) is 0 Å². The third-order valence-electron chi connectivity index (χ3n) is 4.18. The van der Waals surface area contributed by atoms with Crippen LogP contribution in [-0.2, 0) is 4.74 Å². The summed E-state index contributed by atoms with van der Waals surface area (Å²) in [6.45, 7) is 4.69. The molecule has 3 heterocycles. The number of hydrogen-bond donors (Lipinski definition) is 0. The highest BCUT2D eigenvalue weighted by molar-refractivity contribution is 6.28. The van der Waals surface area contributed by atoms with Gasteiger partial charge in [-0.1, -0.05) is 0 Å². The lowest BCUT2D eigenvalue weighted by Crippen LogP contribution is -2.38. The second-order valence-corrected chi connectivity index (χ2v) is 6.15. The summed E-state index contributed by atoms with van der Waals surface area (Å²) in [5, 5.41) is 0.288. The predicted molar refractivity (Wildman–Crippen MR) is 83.1 cm³/mol. The molecule has 0 amide bonds. The van der Waals surface area contributed by atoms with Crippen molar-refractivity contribution in [3.63, 3.8) is 0 Å². The lowest BCUT2D eigenvalue weighted by molar-refractivity contribution is 0.143. The smallest absolute Gasteiger partial charge is 0.231 e. The minimum atomic E-state index is 0.288. The number of hydrogen-bond acceptors (Lipinski definition) is 6. The lowest BCUT2D eigenvalue weighted by atomic mass is 9.99. The van der Waals surface area contributed by atoms with Crippen LogP contribution in [0, 0.1) is 5.92 Å². The van der Waals surface area contributed by atoms with Gasteiger partial charge in [0.05, 0.1) is 6.61 Å². The largest absolute Gasteiger partial charge is 0.384 e. The van der Waals surface area contributed by atoms with Gasteiger partial charge in [-0.25, -0.2) is 0 Å². The van der Waals surface area contributed by atoms with Crippen molar-refractivity contribution in [2.45, 2.75) is 25.7 Å². The molecule has 6 nitrogen and oxygen atoms in total. The molecule has 0 bridgehead atoms. The molecule has 2 aliphatic rings. The van der Waals surface area contributed by atoms with E-state index in [-0.39, 0.29) is 5.28 Å².